The number of carbonyl (C=O) groups is 1. The van der Waals surface area contributed by atoms with Gasteiger partial charge in [0, 0.05) is 5.92 Å². The van der Waals surface area contributed by atoms with E-state index in [1.54, 1.807) is 0 Å². The van der Waals surface area contributed by atoms with Crippen molar-refractivity contribution < 1.29 is 9.90 Å². The quantitative estimate of drug-likeness (QED) is 0.461. The van der Waals surface area contributed by atoms with Crippen LogP contribution in [0.15, 0.2) is 23.0 Å². The van der Waals surface area contributed by atoms with Gasteiger partial charge in [0.2, 0.25) is 0 Å². The molecule has 0 radical (unpaired) electrons. The summed E-state index contributed by atoms with van der Waals surface area (Å²) >= 11 is 6.43. The molecule has 2 aliphatic carbocycles. The molecule has 3 heteroatoms. The molecule has 2 unspecified atom stereocenters. The first-order chi connectivity index (χ1) is 8.27. The highest BCUT2D eigenvalue weighted by Crippen LogP contribution is 2.41. The summed E-state index contributed by atoms with van der Waals surface area (Å²) in [6.07, 6.45) is 9.31. The zero-order valence-electron chi connectivity index (χ0n) is 9.99. The largest absolute Gasteiger partial charge is 0.516 e. The zero-order chi connectivity index (χ0) is 12.3. The maximum Gasteiger partial charge on any atom is 0.145 e. The lowest BCUT2D eigenvalue weighted by Crippen LogP contribution is -2.26. The van der Waals surface area contributed by atoms with Gasteiger partial charge in [0.15, 0.2) is 0 Å². The van der Waals surface area contributed by atoms with Gasteiger partial charge in [-0.1, -0.05) is 5.57 Å². The molecule has 2 aliphatic rings. The van der Waals surface area contributed by atoms with E-state index in [1.807, 2.05) is 0 Å². The van der Waals surface area contributed by atoms with Gasteiger partial charge in [-0.05, 0) is 56.1 Å². The molecule has 0 heterocycles. The molecule has 94 valence electrons. The van der Waals surface area contributed by atoms with Crippen LogP contribution in [0.4, 0.5) is 0 Å². The number of hydrogen-bond acceptors (Lipinski definition) is 2. The summed E-state index contributed by atoms with van der Waals surface area (Å²) in [5.41, 5.74) is 3.14. The van der Waals surface area contributed by atoms with Gasteiger partial charge in [-0.25, -0.2) is 0 Å². The normalized spacial score (nSPS) is 32.9. The third-order valence-electron chi connectivity index (χ3n) is 4.00. The monoisotopic (exact) mass is 254 g/mol. The van der Waals surface area contributed by atoms with Gasteiger partial charge < -0.3 is 5.11 Å². The molecule has 0 amide bonds. The lowest BCUT2D eigenvalue weighted by Gasteiger charge is -2.33. The Kier molecular flexibility index (Phi) is 4.27. The topological polar surface area (TPSA) is 37.3 Å². The van der Waals surface area contributed by atoms with Gasteiger partial charge in [0.1, 0.15) is 6.29 Å². The average molecular weight is 255 g/mol. The fraction of sp³-hybridized carbons (Fsp3) is 0.643. The molecule has 0 aliphatic heterocycles. The minimum Gasteiger partial charge on any atom is -0.516 e. The average Bonchev–Trinajstić information content (AvgIpc) is 2.39. The number of aliphatic hydroxyl groups is 1. The molecule has 0 saturated heterocycles. The number of alkyl halides is 1. The number of halogens is 1. The van der Waals surface area contributed by atoms with Gasteiger partial charge >= 0.3 is 0 Å². The maximum absolute atomic E-state index is 11.1. The summed E-state index contributed by atoms with van der Waals surface area (Å²) in [7, 11) is 0. The highest BCUT2D eigenvalue weighted by atomic mass is 35.5. The Bertz CT molecular complexity index is 357. The first-order valence-corrected chi connectivity index (χ1v) is 6.86. The molecule has 0 aromatic carbocycles. The van der Waals surface area contributed by atoms with Crippen molar-refractivity contribution in [3.63, 3.8) is 0 Å². The summed E-state index contributed by atoms with van der Waals surface area (Å²) in [5, 5.41) is 9.04. The number of aliphatic hydroxyl groups excluding tert-OH is 1. The number of hydrogen-bond donors (Lipinski definition) is 1. The van der Waals surface area contributed by atoms with Crippen LogP contribution in [0.5, 0.6) is 0 Å². The van der Waals surface area contributed by atoms with Crippen molar-refractivity contribution >= 4 is 17.9 Å². The molecule has 2 atom stereocenters. The first-order valence-electron chi connectivity index (χ1n) is 6.42. The van der Waals surface area contributed by atoms with E-state index in [1.165, 1.54) is 5.57 Å². The van der Waals surface area contributed by atoms with Crippen molar-refractivity contribution in [1.82, 2.24) is 0 Å². The summed E-state index contributed by atoms with van der Waals surface area (Å²) in [4.78, 5) is 11.1. The van der Waals surface area contributed by atoms with Crippen LogP contribution < -0.4 is 0 Å². The minimum absolute atomic E-state index is 0.128. The Labute approximate surface area is 107 Å². The van der Waals surface area contributed by atoms with Crippen molar-refractivity contribution in [2.45, 2.75) is 50.3 Å². The molecule has 0 aromatic rings. The summed E-state index contributed by atoms with van der Waals surface area (Å²) in [6.45, 7) is 0. The van der Waals surface area contributed by atoms with Crippen molar-refractivity contribution in [3.8, 4) is 0 Å². The van der Waals surface area contributed by atoms with E-state index in [-0.39, 0.29) is 11.3 Å². The standard InChI is InChI=1S/C14H19ClO2/c15-14-11(9-17)5-3-7-13(14)12-6-2-1-4-10(12)8-16/h8-9,13-14,17H,1-7H2/b11-9+. The second-order valence-electron chi connectivity index (χ2n) is 4.98. The molecule has 0 bridgehead atoms. The lowest BCUT2D eigenvalue weighted by atomic mass is 9.75. The Morgan fingerprint density at radius 1 is 1.18 bits per heavy atom. The van der Waals surface area contributed by atoms with E-state index in [0.29, 0.717) is 0 Å². The third kappa shape index (κ3) is 2.57. The predicted octanol–water partition coefficient (Wildman–Crippen LogP) is 3.91. The fourth-order valence-corrected chi connectivity index (χ4v) is 3.51. The Morgan fingerprint density at radius 2 is 1.94 bits per heavy atom. The molecule has 2 rings (SSSR count). The van der Waals surface area contributed by atoms with E-state index < -0.39 is 0 Å². The number of carbonyl (C=O) groups excluding carboxylic acids is 1. The number of aldehydes is 1. The van der Waals surface area contributed by atoms with Gasteiger partial charge in [-0.15, -0.1) is 11.6 Å². The molecule has 0 spiro atoms. The molecule has 2 nitrogen and oxygen atoms in total. The van der Waals surface area contributed by atoms with E-state index in [0.717, 1.165) is 68.6 Å². The summed E-state index contributed by atoms with van der Waals surface area (Å²) in [6, 6.07) is 0. The lowest BCUT2D eigenvalue weighted by molar-refractivity contribution is -0.105. The molecule has 0 aromatic heterocycles. The molecular formula is C14H19ClO2. The Balaban J connectivity index is 2.25. The van der Waals surface area contributed by atoms with Crippen LogP contribution in [-0.2, 0) is 4.79 Å². The van der Waals surface area contributed by atoms with Gasteiger partial charge in [0.25, 0.3) is 0 Å². The van der Waals surface area contributed by atoms with Crippen LogP contribution >= 0.6 is 11.6 Å². The smallest absolute Gasteiger partial charge is 0.145 e. The van der Waals surface area contributed by atoms with Crippen LogP contribution in [0.3, 0.4) is 0 Å². The maximum atomic E-state index is 11.1. The van der Waals surface area contributed by atoms with Crippen LogP contribution in [0.1, 0.15) is 44.9 Å². The van der Waals surface area contributed by atoms with E-state index >= 15 is 0 Å². The second kappa shape index (κ2) is 5.72. The first kappa shape index (κ1) is 12.7. The van der Waals surface area contributed by atoms with Crippen molar-refractivity contribution in [1.29, 1.82) is 0 Å². The number of allylic oxidation sites excluding steroid dienone is 3. The highest BCUT2D eigenvalue weighted by molar-refractivity contribution is 6.22. The van der Waals surface area contributed by atoms with Crippen LogP contribution in [0, 0.1) is 5.92 Å². The number of rotatable bonds is 2. The molecule has 1 saturated carbocycles. The van der Waals surface area contributed by atoms with Gasteiger partial charge in [-0.2, -0.15) is 0 Å². The molecular weight excluding hydrogens is 236 g/mol. The third-order valence-corrected chi connectivity index (χ3v) is 4.58. The van der Waals surface area contributed by atoms with E-state index in [4.69, 9.17) is 16.7 Å². The van der Waals surface area contributed by atoms with E-state index in [9.17, 15) is 4.79 Å². The fourth-order valence-electron chi connectivity index (χ4n) is 3.07. The summed E-state index contributed by atoms with van der Waals surface area (Å²) < 4.78 is 0. The second-order valence-corrected chi connectivity index (χ2v) is 5.45. The van der Waals surface area contributed by atoms with Crippen LogP contribution in [-0.4, -0.2) is 16.8 Å². The van der Waals surface area contributed by atoms with E-state index in [2.05, 4.69) is 0 Å². The Hall–Kier alpha value is -0.760. The van der Waals surface area contributed by atoms with Crippen LogP contribution in [0.2, 0.25) is 0 Å². The minimum atomic E-state index is -0.128. The van der Waals surface area contributed by atoms with Crippen LogP contribution in [0.25, 0.3) is 0 Å². The van der Waals surface area contributed by atoms with Crippen molar-refractivity contribution in [3.05, 3.63) is 23.0 Å². The summed E-state index contributed by atoms with van der Waals surface area (Å²) in [5.74, 6) is 0.254. The Morgan fingerprint density at radius 3 is 2.65 bits per heavy atom. The zero-order valence-corrected chi connectivity index (χ0v) is 10.7. The van der Waals surface area contributed by atoms with Crippen molar-refractivity contribution in [2.24, 2.45) is 5.92 Å². The molecule has 1 N–H and O–H groups in total. The SMILES string of the molecule is O=CC1=C(C2CCC/C(=C\O)C2Cl)CCCC1. The van der Waals surface area contributed by atoms with Gasteiger partial charge in [-0.3, -0.25) is 4.79 Å². The molecule has 17 heavy (non-hydrogen) atoms. The van der Waals surface area contributed by atoms with Gasteiger partial charge in [0.05, 0.1) is 11.6 Å². The predicted molar refractivity (Wildman–Crippen MR) is 69.3 cm³/mol. The highest BCUT2D eigenvalue weighted by Gasteiger charge is 2.32. The van der Waals surface area contributed by atoms with Crippen molar-refractivity contribution in [2.75, 3.05) is 0 Å². The molecule has 1 fully saturated rings.